The van der Waals surface area contributed by atoms with E-state index in [0.717, 1.165) is 43.9 Å². The summed E-state index contributed by atoms with van der Waals surface area (Å²) in [6.07, 6.45) is 6.03. The predicted molar refractivity (Wildman–Crippen MR) is 88.5 cm³/mol. The number of nitrogens with zero attached hydrogens (tertiary/aromatic N) is 1. The number of benzene rings is 1. The van der Waals surface area contributed by atoms with Gasteiger partial charge in [-0.15, -0.1) is 0 Å². The maximum atomic E-state index is 12.1. The van der Waals surface area contributed by atoms with Crippen LogP contribution in [0.3, 0.4) is 0 Å². The lowest BCUT2D eigenvalue weighted by Gasteiger charge is -2.30. The molecule has 0 saturated carbocycles. The van der Waals surface area contributed by atoms with Gasteiger partial charge in [-0.25, -0.2) is 4.79 Å². The fourth-order valence-corrected chi connectivity index (χ4v) is 3.17. The molecule has 1 aromatic carbocycles. The van der Waals surface area contributed by atoms with Crippen molar-refractivity contribution in [3.8, 4) is 0 Å². The number of para-hydroxylation sites is 2. The zero-order chi connectivity index (χ0) is 15.2. The molecule has 120 valence electrons. The Morgan fingerprint density at radius 1 is 1.18 bits per heavy atom. The second-order valence-corrected chi connectivity index (χ2v) is 6.03. The van der Waals surface area contributed by atoms with Crippen LogP contribution in [0.4, 0.5) is 16.2 Å². The summed E-state index contributed by atoms with van der Waals surface area (Å²) in [7, 11) is 0. The standard InChI is InChI=1S/C17H25N3O2/c21-17(18-13-14-7-6-12-22-14)19-15-8-2-3-9-16(15)20-10-4-1-5-11-20/h2-3,8-9,14H,1,4-7,10-13H2,(H2,18,19,21). The van der Waals surface area contributed by atoms with Crippen molar-refractivity contribution < 1.29 is 9.53 Å². The molecule has 2 aliphatic rings. The van der Waals surface area contributed by atoms with Crippen molar-refractivity contribution in [3.63, 3.8) is 0 Å². The van der Waals surface area contributed by atoms with Gasteiger partial charge in [-0.2, -0.15) is 0 Å². The van der Waals surface area contributed by atoms with E-state index in [1.54, 1.807) is 0 Å². The Hall–Kier alpha value is -1.75. The Labute approximate surface area is 132 Å². The van der Waals surface area contributed by atoms with E-state index in [0.29, 0.717) is 6.54 Å². The number of piperidine rings is 1. The summed E-state index contributed by atoms with van der Waals surface area (Å²) >= 11 is 0. The number of carbonyl (C=O) groups excluding carboxylic acids is 1. The van der Waals surface area contributed by atoms with E-state index in [1.165, 1.54) is 19.3 Å². The van der Waals surface area contributed by atoms with E-state index >= 15 is 0 Å². The third kappa shape index (κ3) is 3.91. The summed E-state index contributed by atoms with van der Waals surface area (Å²) in [5, 5.41) is 5.89. The normalized spacial score (nSPS) is 21.6. The Kier molecular flexibility index (Phi) is 5.16. The first-order chi connectivity index (χ1) is 10.8. The van der Waals surface area contributed by atoms with Gasteiger partial charge in [0.05, 0.1) is 17.5 Å². The summed E-state index contributed by atoms with van der Waals surface area (Å²) in [6.45, 7) is 3.52. The molecule has 1 atom stereocenters. The van der Waals surface area contributed by atoms with Crippen LogP contribution in [0.5, 0.6) is 0 Å². The molecule has 5 nitrogen and oxygen atoms in total. The van der Waals surface area contributed by atoms with Gasteiger partial charge in [-0.05, 0) is 44.2 Å². The summed E-state index contributed by atoms with van der Waals surface area (Å²) in [6, 6.07) is 7.89. The molecule has 2 N–H and O–H groups in total. The van der Waals surface area contributed by atoms with Gasteiger partial charge in [0, 0.05) is 26.2 Å². The number of amides is 2. The first-order valence-corrected chi connectivity index (χ1v) is 8.33. The van der Waals surface area contributed by atoms with Crippen LogP contribution in [0, 0.1) is 0 Å². The van der Waals surface area contributed by atoms with Crippen LogP contribution in [-0.4, -0.2) is 38.4 Å². The molecule has 2 fully saturated rings. The molecule has 2 aliphatic heterocycles. The Morgan fingerprint density at radius 3 is 2.77 bits per heavy atom. The quantitative estimate of drug-likeness (QED) is 0.899. The highest BCUT2D eigenvalue weighted by Gasteiger charge is 2.18. The molecule has 0 aliphatic carbocycles. The van der Waals surface area contributed by atoms with Crippen molar-refractivity contribution in [1.82, 2.24) is 5.32 Å². The van der Waals surface area contributed by atoms with Crippen LogP contribution in [0.15, 0.2) is 24.3 Å². The SMILES string of the molecule is O=C(NCC1CCCO1)Nc1ccccc1N1CCCCC1. The Balaban J connectivity index is 1.57. The van der Waals surface area contributed by atoms with E-state index in [4.69, 9.17) is 4.74 Å². The van der Waals surface area contributed by atoms with Crippen LogP contribution in [0.25, 0.3) is 0 Å². The largest absolute Gasteiger partial charge is 0.376 e. The summed E-state index contributed by atoms with van der Waals surface area (Å²) < 4.78 is 5.52. The van der Waals surface area contributed by atoms with Gasteiger partial charge >= 0.3 is 6.03 Å². The molecule has 0 radical (unpaired) electrons. The van der Waals surface area contributed by atoms with Crippen LogP contribution in [0.1, 0.15) is 32.1 Å². The third-order valence-electron chi connectivity index (χ3n) is 4.36. The number of hydrogen-bond donors (Lipinski definition) is 2. The fraction of sp³-hybridized carbons (Fsp3) is 0.588. The van der Waals surface area contributed by atoms with Gasteiger partial charge in [-0.3, -0.25) is 0 Å². The average molecular weight is 303 g/mol. The molecule has 2 heterocycles. The fourth-order valence-electron chi connectivity index (χ4n) is 3.17. The molecule has 0 bridgehead atoms. The van der Waals surface area contributed by atoms with Crippen molar-refractivity contribution in [3.05, 3.63) is 24.3 Å². The first-order valence-electron chi connectivity index (χ1n) is 8.33. The molecule has 5 heteroatoms. The molecular weight excluding hydrogens is 278 g/mol. The highest BCUT2D eigenvalue weighted by molar-refractivity contribution is 5.93. The summed E-state index contributed by atoms with van der Waals surface area (Å²) in [4.78, 5) is 14.5. The number of anilines is 2. The lowest BCUT2D eigenvalue weighted by Crippen LogP contribution is -2.36. The number of hydrogen-bond acceptors (Lipinski definition) is 3. The number of nitrogens with one attached hydrogen (secondary N) is 2. The maximum absolute atomic E-state index is 12.1. The van der Waals surface area contributed by atoms with Gasteiger partial charge in [0.2, 0.25) is 0 Å². The minimum absolute atomic E-state index is 0.153. The molecule has 0 aromatic heterocycles. The van der Waals surface area contributed by atoms with Crippen LogP contribution in [-0.2, 0) is 4.74 Å². The second-order valence-electron chi connectivity index (χ2n) is 6.03. The molecule has 1 aromatic rings. The van der Waals surface area contributed by atoms with E-state index in [-0.39, 0.29) is 12.1 Å². The zero-order valence-corrected chi connectivity index (χ0v) is 13.0. The van der Waals surface area contributed by atoms with Crippen LogP contribution in [0.2, 0.25) is 0 Å². The molecule has 3 rings (SSSR count). The van der Waals surface area contributed by atoms with E-state index in [9.17, 15) is 4.79 Å². The molecule has 0 spiro atoms. The van der Waals surface area contributed by atoms with E-state index < -0.39 is 0 Å². The Morgan fingerprint density at radius 2 is 2.00 bits per heavy atom. The molecule has 22 heavy (non-hydrogen) atoms. The maximum Gasteiger partial charge on any atom is 0.319 e. The van der Waals surface area contributed by atoms with Gasteiger partial charge < -0.3 is 20.3 Å². The van der Waals surface area contributed by atoms with Crippen molar-refractivity contribution in [2.24, 2.45) is 0 Å². The summed E-state index contributed by atoms with van der Waals surface area (Å²) in [5.74, 6) is 0. The topological polar surface area (TPSA) is 53.6 Å². The van der Waals surface area contributed by atoms with Gasteiger partial charge in [0.1, 0.15) is 0 Å². The molecule has 2 saturated heterocycles. The minimum atomic E-state index is -0.153. The zero-order valence-electron chi connectivity index (χ0n) is 13.0. The van der Waals surface area contributed by atoms with Crippen LogP contribution < -0.4 is 15.5 Å². The lowest BCUT2D eigenvalue weighted by atomic mass is 10.1. The van der Waals surface area contributed by atoms with Crippen molar-refractivity contribution in [2.75, 3.05) is 36.5 Å². The number of carbonyl (C=O) groups is 1. The molecule has 1 unspecified atom stereocenters. The molecular formula is C17H25N3O2. The van der Waals surface area contributed by atoms with Gasteiger partial charge in [0.15, 0.2) is 0 Å². The average Bonchev–Trinajstić information content (AvgIpc) is 3.08. The highest BCUT2D eigenvalue weighted by atomic mass is 16.5. The minimum Gasteiger partial charge on any atom is -0.376 e. The first kappa shape index (κ1) is 15.2. The lowest BCUT2D eigenvalue weighted by molar-refractivity contribution is 0.112. The van der Waals surface area contributed by atoms with E-state index in [1.807, 2.05) is 18.2 Å². The number of urea groups is 1. The van der Waals surface area contributed by atoms with E-state index in [2.05, 4.69) is 21.6 Å². The highest BCUT2D eigenvalue weighted by Crippen LogP contribution is 2.28. The van der Waals surface area contributed by atoms with Crippen molar-refractivity contribution >= 4 is 17.4 Å². The molecule has 2 amide bonds. The number of ether oxygens (including phenoxy) is 1. The third-order valence-corrected chi connectivity index (χ3v) is 4.36. The van der Waals surface area contributed by atoms with Crippen molar-refractivity contribution in [2.45, 2.75) is 38.2 Å². The van der Waals surface area contributed by atoms with Gasteiger partial charge in [-0.1, -0.05) is 12.1 Å². The monoisotopic (exact) mass is 303 g/mol. The smallest absolute Gasteiger partial charge is 0.319 e. The van der Waals surface area contributed by atoms with Crippen molar-refractivity contribution in [1.29, 1.82) is 0 Å². The predicted octanol–water partition coefficient (Wildman–Crippen LogP) is 2.98. The Bertz CT molecular complexity index is 494. The van der Waals surface area contributed by atoms with Gasteiger partial charge in [0.25, 0.3) is 0 Å². The summed E-state index contributed by atoms with van der Waals surface area (Å²) in [5.41, 5.74) is 2.00. The number of rotatable bonds is 4. The van der Waals surface area contributed by atoms with Crippen LogP contribution >= 0.6 is 0 Å². The second kappa shape index (κ2) is 7.49.